The van der Waals surface area contributed by atoms with Gasteiger partial charge < -0.3 is 10.6 Å². The number of amidine groups is 1. The molecule has 1 aromatic heterocycles. The largest absolute Gasteiger partial charge is 0.388 e. The molecular weight excluding hydrogens is 250 g/mol. The predicted molar refractivity (Wildman–Crippen MR) is 81.5 cm³/mol. The summed E-state index contributed by atoms with van der Waals surface area (Å²) in [5.74, 6) is 0.810. The Morgan fingerprint density at radius 1 is 1.15 bits per heavy atom. The smallest absolute Gasteiger partial charge is 0.230 e. The normalized spacial score (nSPS) is 10.3. The number of nitrogens with two attached hydrogens (primary N) is 1. The first-order valence-electron chi connectivity index (χ1n) is 6.54. The van der Waals surface area contributed by atoms with Gasteiger partial charge in [0, 0.05) is 30.0 Å². The number of benzene rings is 1. The Bertz CT molecular complexity index is 574. The van der Waals surface area contributed by atoms with Crippen LogP contribution in [0.1, 0.15) is 17.8 Å². The Morgan fingerprint density at radius 2 is 1.75 bits per heavy atom. The molecule has 0 amide bonds. The summed E-state index contributed by atoms with van der Waals surface area (Å²) < 4.78 is 0. The van der Waals surface area contributed by atoms with Gasteiger partial charge in [-0.1, -0.05) is 18.2 Å². The maximum atomic E-state index is 7.41. The van der Waals surface area contributed by atoms with Gasteiger partial charge in [0.1, 0.15) is 0 Å². The van der Waals surface area contributed by atoms with E-state index in [-0.39, 0.29) is 5.84 Å². The molecule has 2 rings (SSSR count). The standard InChI is InChI=1S/C15H19N5/c1-11-10-12(2)19-15(18-11)20(9-8-14(16)17)13-6-4-3-5-7-13/h3-7,10H,8-9H2,1-2H3,(H3,16,17). The van der Waals surface area contributed by atoms with Crippen LogP contribution < -0.4 is 10.6 Å². The van der Waals surface area contributed by atoms with Crippen molar-refractivity contribution >= 4 is 17.5 Å². The molecule has 0 unspecified atom stereocenters. The number of anilines is 2. The molecule has 104 valence electrons. The fourth-order valence-electron chi connectivity index (χ4n) is 2.01. The molecule has 0 bridgehead atoms. The van der Waals surface area contributed by atoms with E-state index in [1.165, 1.54) is 0 Å². The van der Waals surface area contributed by atoms with Crippen molar-refractivity contribution in [2.75, 3.05) is 11.4 Å². The molecule has 5 nitrogen and oxygen atoms in total. The molecule has 3 N–H and O–H groups in total. The van der Waals surface area contributed by atoms with Gasteiger partial charge in [-0.25, -0.2) is 9.97 Å². The molecule has 0 atom stereocenters. The fourth-order valence-corrected chi connectivity index (χ4v) is 2.01. The SMILES string of the molecule is Cc1cc(C)nc(N(CCC(=N)N)c2ccccc2)n1. The Labute approximate surface area is 119 Å². The Hall–Kier alpha value is -2.43. The summed E-state index contributed by atoms with van der Waals surface area (Å²) >= 11 is 0. The predicted octanol–water partition coefficient (Wildman–Crippen LogP) is 2.56. The van der Waals surface area contributed by atoms with E-state index >= 15 is 0 Å². The van der Waals surface area contributed by atoms with Crippen LogP contribution in [0.2, 0.25) is 0 Å². The lowest BCUT2D eigenvalue weighted by atomic mass is 10.2. The second kappa shape index (κ2) is 6.14. The molecule has 2 aromatic rings. The molecule has 0 radical (unpaired) electrons. The van der Waals surface area contributed by atoms with Crippen molar-refractivity contribution in [1.82, 2.24) is 9.97 Å². The highest BCUT2D eigenvalue weighted by Crippen LogP contribution is 2.22. The summed E-state index contributed by atoms with van der Waals surface area (Å²) in [6.07, 6.45) is 0.477. The zero-order chi connectivity index (χ0) is 14.5. The number of aryl methyl sites for hydroxylation is 2. The first-order chi connectivity index (χ1) is 9.56. The third-order valence-corrected chi connectivity index (χ3v) is 2.88. The molecule has 1 aromatic carbocycles. The zero-order valence-electron chi connectivity index (χ0n) is 11.8. The first kappa shape index (κ1) is 14.0. The van der Waals surface area contributed by atoms with Gasteiger partial charge in [-0.2, -0.15) is 0 Å². The van der Waals surface area contributed by atoms with Crippen molar-refractivity contribution in [3.05, 3.63) is 47.8 Å². The Morgan fingerprint density at radius 3 is 2.30 bits per heavy atom. The van der Waals surface area contributed by atoms with Crippen molar-refractivity contribution in [3.63, 3.8) is 0 Å². The van der Waals surface area contributed by atoms with E-state index in [9.17, 15) is 0 Å². The van der Waals surface area contributed by atoms with E-state index in [0.717, 1.165) is 17.1 Å². The van der Waals surface area contributed by atoms with Gasteiger partial charge in [0.2, 0.25) is 5.95 Å². The monoisotopic (exact) mass is 269 g/mol. The molecule has 20 heavy (non-hydrogen) atoms. The fraction of sp³-hybridized carbons (Fsp3) is 0.267. The number of rotatable bonds is 5. The third-order valence-electron chi connectivity index (χ3n) is 2.88. The van der Waals surface area contributed by atoms with Gasteiger partial charge in [0.15, 0.2) is 0 Å². The summed E-state index contributed by atoms with van der Waals surface area (Å²) in [5.41, 5.74) is 8.33. The molecule has 0 aliphatic carbocycles. The van der Waals surface area contributed by atoms with Crippen molar-refractivity contribution in [3.8, 4) is 0 Å². The molecule has 0 saturated heterocycles. The van der Waals surface area contributed by atoms with Crippen LogP contribution in [0, 0.1) is 19.3 Å². The Kier molecular flexibility index (Phi) is 4.30. The highest BCUT2D eigenvalue weighted by atomic mass is 15.3. The first-order valence-corrected chi connectivity index (χ1v) is 6.54. The number of hydrogen-bond acceptors (Lipinski definition) is 4. The van der Waals surface area contributed by atoms with Crippen LogP contribution in [0.3, 0.4) is 0 Å². The van der Waals surface area contributed by atoms with Crippen LogP contribution in [0.4, 0.5) is 11.6 Å². The minimum absolute atomic E-state index is 0.162. The van der Waals surface area contributed by atoms with Crippen LogP contribution in [0.25, 0.3) is 0 Å². The van der Waals surface area contributed by atoms with E-state index in [4.69, 9.17) is 11.1 Å². The molecule has 0 aliphatic rings. The molecule has 0 saturated carbocycles. The quantitative estimate of drug-likeness (QED) is 0.646. The minimum Gasteiger partial charge on any atom is -0.388 e. The highest BCUT2D eigenvalue weighted by molar-refractivity contribution is 5.77. The number of hydrogen-bond donors (Lipinski definition) is 2. The second-order valence-corrected chi connectivity index (χ2v) is 4.71. The van der Waals surface area contributed by atoms with Gasteiger partial charge in [0.05, 0.1) is 5.84 Å². The van der Waals surface area contributed by atoms with Gasteiger partial charge in [-0.3, -0.25) is 5.41 Å². The van der Waals surface area contributed by atoms with Crippen molar-refractivity contribution in [1.29, 1.82) is 5.41 Å². The number of para-hydroxylation sites is 1. The van der Waals surface area contributed by atoms with E-state index in [1.54, 1.807) is 0 Å². The maximum Gasteiger partial charge on any atom is 0.230 e. The van der Waals surface area contributed by atoms with Crippen molar-refractivity contribution in [2.45, 2.75) is 20.3 Å². The van der Waals surface area contributed by atoms with Gasteiger partial charge in [-0.05, 0) is 32.0 Å². The molecule has 0 spiro atoms. The maximum absolute atomic E-state index is 7.41. The topological polar surface area (TPSA) is 78.9 Å². The molecule has 0 aliphatic heterocycles. The Balaban J connectivity index is 2.37. The van der Waals surface area contributed by atoms with Crippen LogP contribution in [0.5, 0.6) is 0 Å². The summed E-state index contributed by atoms with van der Waals surface area (Å²) in [7, 11) is 0. The lowest BCUT2D eigenvalue weighted by molar-refractivity contribution is 0.886. The van der Waals surface area contributed by atoms with E-state index in [1.807, 2.05) is 55.1 Å². The molecule has 0 fully saturated rings. The van der Waals surface area contributed by atoms with E-state index in [2.05, 4.69) is 9.97 Å². The summed E-state index contributed by atoms with van der Waals surface area (Å²) in [4.78, 5) is 11.0. The van der Waals surface area contributed by atoms with Crippen molar-refractivity contribution in [2.24, 2.45) is 5.73 Å². The molecule has 1 heterocycles. The summed E-state index contributed by atoms with van der Waals surface area (Å²) in [6.45, 7) is 4.49. The zero-order valence-corrected chi connectivity index (χ0v) is 11.8. The summed E-state index contributed by atoms with van der Waals surface area (Å²) in [5, 5.41) is 7.41. The lowest BCUT2D eigenvalue weighted by Gasteiger charge is -2.23. The van der Waals surface area contributed by atoms with Crippen molar-refractivity contribution < 1.29 is 0 Å². The van der Waals surface area contributed by atoms with Crippen LogP contribution in [-0.2, 0) is 0 Å². The van der Waals surface area contributed by atoms with Gasteiger partial charge >= 0.3 is 0 Å². The highest BCUT2D eigenvalue weighted by Gasteiger charge is 2.13. The van der Waals surface area contributed by atoms with Gasteiger partial charge in [-0.15, -0.1) is 0 Å². The number of nitrogens with one attached hydrogen (secondary N) is 1. The van der Waals surface area contributed by atoms with Crippen LogP contribution in [0.15, 0.2) is 36.4 Å². The summed E-state index contributed by atoms with van der Waals surface area (Å²) in [6, 6.07) is 11.9. The second-order valence-electron chi connectivity index (χ2n) is 4.71. The van der Waals surface area contributed by atoms with Gasteiger partial charge in [0.25, 0.3) is 0 Å². The van der Waals surface area contributed by atoms with Crippen LogP contribution >= 0.6 is 0 Å². The molecule has 5 heteroatoms. The minimum atomic E-state index is 0.162. The van der Waals surface area contributed by atoms with E-state index < -0.39 is 0 Å². The number of aromatic nitrogens is 2. The third kappa shape index (κ3) is 3.54. The molecular formula is C15H19N5. The average Bonchev–Trinajstić information content (AvgIpc) is 2.38. The van der Waals surface area contributed by atoms with E-state index in [0.29, 0.717) is 18.9 Å². The lowest BCUT2D eigenvalue weighted by Crippen LogP contribution is -2.25. The van der Waals surface area contributed by atoms with Crippen LogP contribution in [-0.4, -0.2) is 22.3 Å². The number of nitrogens with zero attached hydrogens (tertiary/aromatic N) is 3. The average molecular weight is 269 g/mol.